The topological polar surface area (TPSA) is 49.7 Å². The number of fused-ring (bicyclic) bond motifs is 3. The predicted molar refractivity (Wildman–Crippen MR) is 61.7 cm³/mol. The van der Waals surface area contributed by atoms with Crippen LogP contribution in [0, 0.1) is 0 Å². The maximum Gasteiger partial charge on any atom is 0.336 e. The van der Waals surface area contributed by atoms with Crippen LogP contribution in [0.25, 0.3) is 0 Å². The zero-order valence-electron chi connectivity index (χ0n) is 8.94. The first kappa shape index (κ1) is 9.58. The first-order valence-corrected chi connectivity index (χ1v) is 5.71. The number of carbonyl (C=O) groups is 1. The summed E-state index contributed by atoms with van der Waals surface area (Å²) in [5.74, 6) is -0.560. The van der Waals surface area contributed by atoms with Gasteiger partial charge in [-0.2, -0.15) is 0 Å². The number of nitrogens with zero attached hydrogens (tertiary/aromatic N) is 1. The van der Waals surface area contributed by atoms with Crippen molar-refractivity contribution >= 4 is 17.4 Å². The third kappa shape index (κ3) is 1.28. The molecule has 1 fully saturated rings. The van der Waals surface area contributed by atoms with E-state index in [9.17, 15) is 9.90 Å². The fourth-order valence-corrected chi connectivity index (χ4v) is 2.80. The van der Waals surface area contributed by atoms with Crippen molar-refractivity contribution in [2.75, 3.05) is 0 Å². The van der Waals surface area contributed by atoms with Gasteiger partial charge in [0.25, 0.3) is 0 Å². The molecule has 0 spiro atoms. The first-order valence-electron chi connectivity index (χ1n) is 5.71. The van der Waals surface area contributed by atoms with Crippen molar-refractivity contribution in [1.82, 2.24) is 0 Å². The third-order valence-electron chi connectivity index (χ3n) is 3.50. The molecule has 3 rings (SSSR count). The Morgan fingerprint density at radius 1 is 1.38 bits per heavy atom. The van der Waals surface area contributed by atoms with Crippen molar-refractivity contribution in [1.29, 1.82) is 0 Å². The number of carboxylic acids is 1. The van der Waals surface area contributed by atoms with Crippen LogP contribution >= 0.6 is 0 Å². The van der Waals surface area contributed by atoms with E-state index in [1.165, 1.54) is 18.6 Å². The lowest BCUT2D eigenvalue weighted by atomic mass is 9.82. The highest BCUT2D eigenvalue weighted by atomic mass is 16.4. The van der Waals surface area contributed by atoms with Crippen LogP contribution in [-0.4, -0.2) is 16.8 Å². The highest BCUT2D eigenvalue weighted by Gasteiger charge is 2.32. The van der Waals surface area contributed by atoms with Crippen molar-refractivity contribution in [3.8, 4) is 0 Å². The molecule has 1 atom stereocenters. The fourth-order valence-electron chi connectivity index (χ4n) is 2.80. The highest BCUT2D eigenvalue weighted by molar-refractivity contribution is 6.03. The lowest BCUT2D eigenvalue weighted by molar-refractivity contribution is 0.0695. The third-order valence-corrected chi connectivity index (χ3v) is 3.50. The van der Waals surface area contributed by atoms with E-state index in [2.05, 4.69) is 4.99 Å². The number of benzene rings is 1. The van der Waals surface area contributed by atoms with E-state index in [4.69, 9.17) is 0 Å². The second-order valence-electron chi connectivity index (χ2n) is 4.45. The zero-order chi connectivity index (χ0) is 11.1. The Kier molecular flexibility index (Phi) is 2.06. The number of aliphatic imine (C=N–C) groups is 1. The Morgan fingerprint density at radius 3 is 3.06 bits per heavy atom. The number of rotatable bonds is 1. The van der Waals surface area contributed by atoms with Gasteiger partial charge in [0.2, 0.25) is 0 Å². The summed E-state index contributed by atoms with van der Waals surface area (Å²) in [7, 11) is 0. The van der Waals surface area contributed by atoms with Crippen molar-refractivity contribution in [3.63, 3.8) is 0 Å². The Balaban J connectivity index is 2.14. The highest BCUT2D eigenvalue weighted by Crippen LogP contribution is 2.43. The zero-order valence-corrected chi connectivity index (χ0v) is 8.94. The van der Waals surface area contributed by atoms with Crippen LogP contribution in [-0.2, 0) is 0 Å². The summed E-state index contributed by atoms with van der Waals surface area (Å²) in [6, 6.07) is 5.39. The average molecular weight is 215 g/mol. The van der Waals surface area contributed by atoms with Gasteiger partial charge in [0.15, 0.2) is 0 Å². The van der Waals surface area contributed by atoms with Crippen LogP contribution < -0.4 is 0 Å². The summed E-state index contributed by atoms with van der Waals surface area (Å²) in [5, 5.41) is 9.19. The Hall–Kier alpha value is -1.64. The van der Waals surface area contributed by atoms with Gasteiger partial charge in [-0.25, -0.2) is 4.79 Å². The van der Waals surface area contributed by atoms with E-state index in [1.807, 2.05) is 6.07 Å². The minimum absolute atomic E-state index is 0.274. The number of carboxylic acid groups (broad SMARTS) is 1. The standard InChI is InChI=1S/C13H13NO2/c15-13(16)9-5-3-7-11-12(9)8-4-1-2-6-10(8)14-11/h3,5,7-8H,1-2,4,6H2,(H,15,16). The van der Waals surface area contributed by atoms with Gasteiger partial charge in [0.05, 0.1) is 11.3 Å². The van der Waals surface area contributed by atoms with Crippen molar-refractivity contribution in [3.05, 3.63) is 29.3 Å². The van der Waals surface area contributed by atoms with Gasteiger partial charge in [-0.15, -0.1) is 0 Å². The molecule has 1 aromatic carbocycles. The van der Waals surface area contributed by atoms with E-state index < -0.39 is 5.97 Å². The smallest absolute Gasteiger partial charge is 0.336 e. The molecule has 1 aliphatic heterocycles. The van der Waals surface area contributed by atoms with Gasteiger partial charge >= 0.3 is 5.97 Å². The van der Waals surface area contributed by atoms with Gasteiger partial charge in [0, 0.05) is 17.2 Å². The molecule has 0 aromatic heterocycles. The van der Waals surface area contributed by atoms with Crippen LogP contribution in [0.2, 0.25) is 0 Å². The van der Waals surface area contributed by atoms with Crippen LogP contribution in [0.1, 0.15) is 47.5 Å². The Bertz CT molecular complexity index is 491. The summed E-state index contributed by atoms with van der Waals surface area (Å²) in [4.78, 5) is 15.8. The number of hydrogen-bond donors (Lipinski definition) is 1. The van der Waals surface area contributed by atoms with E-state index in [1.54, 1.807) is 12.1 Å². The monoisotopic (exact) mass is 215 g/mol. The Labute approximate surface area is 93.8 Å². The molecule has 1 aromatic rings. The average Bonchev–Trinajstić information content (AvgIpc) is 2.66. The van der Waals surface area contributed by atoms with Gasteiger partial charge in [0.1, 0.15) is 0 Å². The molecule has 3 nitrogen and oxygen atoms in total. The molecule has 3 heteroatoms. The molecule has 1 saturated carbocycles. The fraction of sp³-hybridized carbons (Fsp3) is 0.385. The first-order chi connectivity index (χ1) is 7.77. The quantitative estimate of drug-likeness (QED) is 0.782. The van der Waals surface area contributed by atoms with Gasteiger partial charge in [-0.1, -0.05) is 12.5 Å². The summed E-state index contributed by atoms with van der Waals surface area (Å²) >= 11 is 0. The van der Waals surface area contributed by atoms with Crippen LogP contribution in [0.4, 0.5) is 5.69 Å². The second-order valence-corrected chi connectivity index (χ2v) is 4.45. The molecule has 1 unspecified atom stereocenters. The second kappa shape index (κ2) is 3.44. The normalized spacial score (nSPS) is 22.2. The van der Waals surface area contributed by atoms with E-state index in [-0.39, 0.29) is 5.92 Å². The minimum Gasteiger partial charge on any atom is -0.478 e. The SMILES string of the molecule is O=C(O)c1cccc2c1C1CCCCC1=N2. The van der Waals surface area contributed by atoms with E-state index >= 15 is 0 Å². The number of aromatic carboxylic acids is 1. The molecule has 16 heavy (non-hydrogen) atoms. The van der Waals surface area contributed by atoms with Crippen LogP contribution in [0.5, 0.6) is 0 Å². The van der Waals surface area contributed by atoms with Gasteiger partial charge in [-0.05, 0) is 31.4 Å². The summed E-state index contributed by atoms with van der Waals surface area (Å²) in [6.07, 6.45) is 4.44. The molecule has 1 aliphatic carbocycles. The largest absolute Gasteiger partial charge is 0.478 e. The van der Waals surface area contributed by atoms with Crippen molar-refractivity contribution < 1.29 is 9.90 Å². The molecule has 1 N–H and O–H groups in total. The molecular weight excluding hydrogens is 202 g/mol. The predicted octanol–water partition coefficient (Wildman–Crippen LogP) is 3.13. The van der Waals surface area contributed by atoms with E-state index in [0.717, 1.165) is 24.1 Å². The van der Waals surface area contributed by atoms with Crippen LogP contribution in [0.3, 0.4) is 0 Å². The lowest BCUT2D eigenvalue weighted by Crippen LogP contribution is -2.16. The van der Waals surface area contributed by atoms with Crippen molar-refractivity contribution in [2.24, 2.45) is 4.99 Å². The molecule has 0 radical (unpaired) electrons. The van der Waals surface area contributed by atoms with Gasteiger partial charge < -0.3 is 5.11 Å². The molecule has 0 saturated heterocycles. The molecular formula is C13H13NO2. The Morgan fingerprint density at radius 2 is 2.25 bits per heavy atom. The van der Waals surface area contributed by atoms with E-state index in [0.29, 0.717) is 5.56 Å². The maximum atomic E-state index is 11.2. The summed E-state index contributed by atoms with van der Waals surface area (Å²) in [5.41, 5.74) is 3.45. The molecule has 82 valence electrons. The molecule has 2 aliphatic rings. The van der Waals surface area contributed by atoms with Crippen LogP contribution in [0.15, 0.2) is 23.2 Å². The summed E-state index contributed by atoms with van der Waals surface area (Å²) < 4.78 is 0. The van der Waals surface area contributed by atoms with Gasteiger partial charge in [-0.3, -0.25) is 4.99 Å². The molecule has 0 amide bonds. The minimum atomic E-state index is -0.834. The lowest BCUT2D eigenvalue weighted by Gasteiger charge is -2.20. The summed E-state index contributed by atoms with van der Waals surface area (Å²) in [6.45, 7) is 0. The maximum absolute atomic E-state index is 11.2. The van der Waals surface area contributed by atoms with Crippen molar-refractivity contribution in [2.45, 2.75) is 31.6 Å². The number of hydrogen-bond acceptors (Lipinski definition) is 2. The molecule has 0 bridgehead atoms. The molecule has 1 heterocycles.